The molecule has 2 aromatic carbocycles. The number of aliphatic hydroxyl groups excluding tert-OH is 1. The second-order valence-corrected chi connectivity index (χ2v) is 16.2. The van der Waals surface area contributed by atoms with E-state index in [1.165, 1.54) is 11.3 Å². The third kappa shape index (κ3) is 12.6. The van der Waals surface area contributed by atoms with Crippen molar-refractivity contribution < 1.29 is 29.3 Å². The van der Waals surface area contributed by atoms with Crippen LogP contribution in [-0.4, -0.2) is 98.9 Å². The van der Waals surface area contributed by atoms with E-state index in [4.69, 9.17) is 4.74 Å². The topological polar surface area (TPSA) is 156 Å². The predicted octanol–water partition coefficient (Wildman–Crippen LogP) is 4.41. The molecular formula is C39H56N6O6S. The number of phenolic OH excluding ortho intramolecular Hbond substituents is 1. The Bertz CT molecular complexity index is 1610. The fourth-order valence-corrected chi connectivity index (χ4v) is 6.96. The van der Waals surface area contributed by atoms with Crippen molar-refractivity contribution in [2.75, 3.05) is 26.2 Å². The maximum atomic E-state index is 13.8. The molecule has 0 spiro atoms. The highest BCUT2D eigenvalue weighted by atomic mass is 32.1. The van der Waals surface area contributed by atoms with Gasteiger partial charge in [-0.15, -0.1) is 11.3 Å². The molecule has 0 saturated carbocycles. The lowest BCUT2D eigenvalue weighted by molar-refractivity contribution is -0.132. The first kappa shape index (κ1) is 40.7. The van der Waals surface area contributed by atoms with E-state index in [0.717, 1.165) is 16.1 Å². The molecule has 3 aromatic rings. The number of amides is 3. The molecule has 0 bridgehead atoms. The van der Waals surface area contributed by atoms with Crippen LogP contribution in [0.2, 0.25) is 0 Å². The highest BCUT2D eigenvalue weighted by Gasteiger charge is 2.37. The van der Waals surface area contributed by atoms with E-state index in [-0.39, 0.29) is 36.6 Å². The number of ether oxygens (including phenoxy) is 1. The summed E-state index contributed by atoms with van der Waals surface area (Å²) in [5, 5.41) is 33.5. The average Bonchev–Trinajstić information content (AvgIpc) is 3.56. The number of hydrogen-bond donors (Lipinski definition) is 5. The lowest BCUT2D eigenvalue weighted by Gasteiger charge is -2.43. The highest BCUT2D eigenvalue weighted by molar-refractivity contribution is 7.09. The predicted molar refractivity (Wildman–Crippen MR) is 203 cm³/mol. The van der Waals surface area contributed by atoms with Crippen LogP contribution >= 0.6 is 11.3 Å². The van der Waals surface area contributed by atoms with Gasteiger partial charge in [-0.3, -0.25) is 19.4 Å². The molecule has 3 amide bonds. The number of aromatic nitrogens is 1. The minimum atomic E-state index is -1.05. The molecule has 5 N–H and O–H groups in total. The van der Waals surface area contributed by atoms with Gasteiger partial charge in [0, 0.05) is 49.6 Å². The summed E-state index contributed by atoms with van der Waals surface area (Å²) in [6.45, 7) is 15.8. The molecule has 1 aromatic heterocycles. The average molecular weight is 737 g/mol. The zero-order valence-electron chi connectivity index (χ0n) is 31.5. The van der Waals surface area contributed by atoms with Gasteiger partial charge in [0.15, 0.2) is 0 Å². The summed E-state index contributed by atoms with van der Waals surface area (Å²) in [4.78, 5) is 49.1. The maximum Gasteiger partial charge on any atom is 0.408 e. The van der Waals surface area contributed by atoms with Crippen LogP contribution in [-0.2, 0) is 33.9 Å². The molecule has 13 heteroatoms. The lowest BCUT2D eigenvalue weighted by atomic mass is 9.97. The number of β-amino-alcohol motifs (C(OH)–C–C–N with tert-alkyl or cyclic N) is 1. The minimum absolute atomic E-state index is 0.0120. The number of alkyl carbamates (subject to hydrolysis) is 1. The van der Waals surface area contributed by atoms with Gasteiger partial charge in [-0.25, -0.2) is 9.78 Å². The molecule has 0 radical (unpaired) electrons. The third-order valence-electron chi connectivity index (χ3n) is 8.84. The van der Waals surface area contributed by atoms with Crippen molar-refractivity contribution in [3.63, 3.8) is 0 Å². The zero-order chi connectivity index (χ0) is 38.0. The van der Waals surface area contributed by atoms with Crippen LogP contribution in [0.1, 0.15) is 76.2 Å². The molecule has 2 heterocycles. The van der Waals surface area contributed by atoms with Gasteiger partial charge in [0.05, 0.1) is 22.8 Å². The second kappa shape index (κ2) is 18.6. The molecule has 1 saturated heterocycles. The Kier molecular flexibility index (Phi) is 14.6. The van der Waals surface area contributed by atoms with Crippen LogP contribution in [0, 0.1) is 5.92 Å². The minimum Gasteiger partial charge on any atom is -0.508 e. The Labute approximate surface area is 312 Å². The van der Waals surface area contributed by atoms with Crippen LogP contribution in [0.5, 0.6) is 5.75 Å². The number of nitrogens with one attached hydrogen (secondary N) is 3. The highest BCUT2D eigenvalue weighted by Crippen LogP contribution is 2.21. The van der Waals surface area contributed by atoms with Gasteiger partial charge in [-0.05, 0) is 56.4 Å². The van der Waals surface area contributed by atoms with Crippen molar-refractivity contribution in [2.45, 2.75) is 104 Å². The van der Waals surface area contributed by atoms with Gasteiger partial charge < -0.3 is 30.9 Å². The third-order valence-corrected chi connectivity index (χ3v) is 10.0. The molecule has 12 nitrogen and oxygen atoms in total. The van der Waals surface area contributed by atoms with E-state index in [1.54, 1.807) is 18.2 Å². The smallest absolute Gasteiger partial charge is 0.408 e. The maximum absolute atomic E-state index is 13.8. The number of thiazole rings is 1. The Morgan fingerprint density at radius 1 is 1.00 bits per heavy atom. The van der Waals surface area contributed by atoms with Crippen LogP contribution in [0.15, 0.2) is 60.0 Å². The van der Waals surface area contributed by atoms with E-state index in [2.05, 4.69) is 25.8 Å². The van der Waals surface area contributed by atoms with Gasteiger partial charge in [0.25, 0.3) is 0 Å². The van der Waals surface area contributed by atoms with E-state index < -0.39 is 41.8 Å². The Hall–Kier alpha value is -4.04. The molecule has 1 fully saturated rings. The van der Waals surface area contributed by atoms with Crippen molar-refractivity contribution in [3.05, 3.63) is 81.8 Å². The van der Waals surface area contributed by atoms with Gasteiger partial charge in [-0.1, -0.05) is 70.2 Å². The second-order valence-electron chi connectivity index (χ2n) is 15.3. The lowest BCUT2D eigenvalue weighted by Crippen LogP contribution is -2.63. The normalized spacial score (nSPS) is 17.4. The summed E-state index contributed by atoms with van der Waals surface area (Å²) in [6, 6.07) is 14.5. The fraction of sp³-hybridized carbons (Fsp3) is 0.538. The molecule has 1 aliphatic heterocycles. The largest absolute Gasteiger partial charge is 0.508 e. The Balaban J connectivity index is 1.47. The molecule has 1 aliphatic rings. The summed E-state index contributed by atoms with van der Waals surface area (Å²) >= 11 is 1.51. The molecule has 284 valence electrons. The van der Waals surface area contributed by atoms with Crippen molar-refractivity contribution in [3.8, 4) is 5.75 Å². The van der Waals surface area contributed by atoms with E-state index in [1.807, 2.05) is 95.1 Å². The van der Waals surface area contributed by atoms with Gasteiger partial charge in [-0.2, -0.15) is 0 Å². The van der Waals surface area contributed by atoms with E-state index in [0.29, 0.717) is 38.3 Å². The molecule has 0 aliphatic carbocycles. The first-order valence-electron chi connectivity index (χ1n) is 18.0. The summed E-state index contributed by atoms with van der Waals surface area (Å²) in [6.07, 6.45) is -1.45. The van der Waals surface area contributed by atoms with Crippen LogP contribution in [0.25, 0.3) is 0 Å². The Morgan fingerprint density at radius 2 is 1.71 bits per heavy atom. The number of aliphatic hydroxyl groups is 1. The molecule has 0 unspecified atom stereocenters. The number of nitrogens with zero attached hydrogens (tertiary/aromatic N) is 3. The molecule has 52 heavy (non-hydrogen) atoms. The number of carbonyl (C=O) groups excluding carboxylic acids is 3. The molecular weight excluding hydrogens is 681 g/mol. The monoisotopic (exact) mass is 736 g/mol. The fourth-order valence-electron chi connectivity index (χ4n) is 6.14. The number of aromatic hydroxyl groups is 1. The number of hydrogen-bond acceptors (Lipinski definition) is 10. The van der Waals surface area contributed by atoms with Crippen molar-refractivity contribution >= 4 is 29.2 Å². The number of carbonyl (C=O) groups is 3. The number of rotatable bonds is 15. The number of piperazine rings is 1. The van der Waals surface area contributed by atoms with Crippen LogP contribution in [0.4, 0.5) is 4.79 Å². The van der Waals surface area contributed by atoms with E-state index in [9.17, 15) is 24.6 Å². The first-order valence-corrected chi connectivity index (χ1v) is 18.9. The van der Waals surface area contributed by atoms with Crippen LogP contribution in [0.3, 0.4) is 0 Å². The first-order chi connectivity index (χ1) is 24.6. The van der Waals surface area contributed by atoms with Crippen molar-refractivity contribution in [2.24, 2.45) is 5.92 Å². The molecule has 4 rings (SSSR count). The quantitative estimate of drug-likeness (QED) is 0.153. The Morgan fingerprint density at radius 3 is 2.35 bits per heavy atom. The van der Waals surface area contributed by atoms with Gasteiger partial charge in [0.2, 0.25) is 11.8 Å². The summed E-state index contributed by atoms with van der Waals surface area (Å²) in [5.74, 6) is -0.410. The number of benzene rings is 2. The van der Waals surface area contributed by atoms with Crippen molar-refractivity contribution in [1.29, 1.82) is 0 Å². The standard InChI is InChI=1S/C39H56N6O6S/c1-25(2)34(42-38(50)51-23-29-24-52-37(40-29)26(3)4)36(49)41-31(19-27-12-9-8-10-13-27)33(47)22-45-17-16-44(20-28-14-11-15-30(46)18-28)21-32(45)35(48)43-39(5,6)7/h8-15,18,24-26,31-34,46-47H,16-17,19-23H2,1-7H3,(H,41,49)(H,42,50)(H,43,48)/t31-,32-,33+,34-/m0/s1. The SMILES string of the molecule is CC(C)c1nc(COC(=O)N[C@H](C(=O)N[C@@H](Cc2ccccc2)[C@H](O)CN2CCN(Cc3cccc(O)c3)C[C@H]2C(=O)NC(C)(C)C)C(C)C)cs1. The van der Waals surface area contributed by atoms with Gasteiger partial charge in [0.1, 0.15) is 24.4 Å². The van der Waals surface area contributed by atoms with Gasteiger partial charge >= 0.3 is 6.09 Å². The van der Waals surface area contributed by atoms with E-state index >= 15 is 0 Å². The summed E-state index contributed by atoms with van der Waals surface area (Å²) < 4.78 is 5.42. The van der Waals surface area contributed by atoms with Crippen molar-refractivity contribution in [1.82, 2.24) is 30.7 Å². The summed E-state index contributed by atoms with van der Waals surface area (Å²) in [5.41, 5.74) is 2.04. The summed E-state index contributed by atoms with van der Waals surface area (Å²) in [7, 11) is 0. The number of phenols is 1. The van der Waals surface area contributed by atoms with Crippen LogP contribution < -0.4 is 16.0 Å². The molecule has 4 atom stereocenters. The zero-order valence-corrected chi connectivity index (χ0v) is 32.3.